The zero-order valence-electron chi connectivity index (χ0n) is 11.5. The second-order valence-corrected chi connectivity index (χ2v) is 4.78. The molecule has 21 heavy (non-hydrogen) atoms. The minimum absolute atomic E-state index is 0.234. The van der Waals surface area contributed by atoms with E-state index >= 15 is 0 Å². The molecule has 1 aromatic carbocycles. The van der Waals surface area contributed by atoms with Gasteiger partial charge in [0.2, 0.25) is 0 Å². The first-order valence-corrected chi connectivity index (χ1v) is 6.60. The van der Waals surface area contributed by atoms with E-state index in [9.17, 15) is 4.79 Å². The maximum atomic E-state index is 12.3. The number of amides is 1. The van der Waals surface area contributed by atoms with Gasteiger partial charge in [0.05, 0.1) is 11.6 Å². The summed E-state index contributed by atoms with van der Waals surface area (Å²) >= 11 is 0. The van der Waals surface area contributed by atoms with E-state index in [1.807, 2.05) is 31.2 Å². The highest BCUT2D eigenvalue weighted by Crippen LogP contribution is 2.20. The van der Waals surface area contributed by atoms with E-state index in [4.69, 9.17) is 5.73 Å². The highest BCUT2D eigenvalue weighted by Gasteiger charge is 2.15. The molecule has 106 valence electrons. The van der Waals surface area contributed by atoms with Gasteiger partial charge in [0.15, 0.2) is 0 Å². The molecule has 1 atom stereocenters. The monoisotopic (exact) mass is 281 g/mol. The zero-order valence-corrected chi connectivity index (χ0v) is 11.5. The number of rotatable bonds is 3. The van der Waals surface area contributed by atoms with Gasteiger partial charge in [0.25, 0.3) is 5.91 Å². The molecule has 4 N–H and O–H groups in total. The van der Waals surface area contributed by atoms with E-state index in [0.717, 1.165) is 5.39 Å². The van der Waals surface area contributed by atoms with Crippen molar-refractivity contribution < 1.29 is 4.79 Å². The Kier molecular flexibility index (Phi) is 3.27. The Morgan fingerprint density at radius 2 is 2.19 bits per heavy atom. The number of nitrogens with one attached hydrogen (secondary N) is 2. The SMILES string of the molecule is CC(NC(=O)c1cc(N)c2ccccc2n1)c1ncc[nH]1. The highest BCUT2D eigenvalue weighted by molar-refractivity contribution is 5.99. The number of fused-ring (bicyclic) bond motifs is 1. The number of aromatic nitrogens is 3. The minimum atomic E-state index is -0.281. The molecule has 0 spiro atoms. The number of benzene rings is 1. The first kappa shape index (κ1) is 13.1. The smallest absolute Gasteiger partial charge is 0.270 e. The molecule has 2 aromatic heterocycles. The summed E-state index contributed by atoms with van der Waals surface area (Å²) in [6.45, 7) is 1.85. The summed E-state index contributed by atoms with van der Waals surface area (Å²) in [5.41, 5.74) is 7.52. The molecule has 0 fully saturated rings. The standard InChI is InChI=1S/C15H15N5O/c1-9(14-17-6-7-18-14)19-15(21)13-8-11(16)10-4-2-3-5-12(10)20-13/h2-9H,1H3,(H2,16,20)(H,17,18)(H,19,21). The van der Waals surface area contributed by atoms with Gasteiger partial charge in [-0.25, -0.2) is 9.97 Å². The first-order chi connectivity index (χ1) is 10.1. The maximum absolute atomic E-state index is 12.3. The lowest BCUT2D eigenvalue weighted by atomic mass is 10.1. The van der Waals surface area contributed by atoms with Crippen LogP contribution in [0.3, 0.4) is 0 Å². The number of nitrogen functional groups attached to an aromatic ring is 1. The van der Waals surface area contributed by atoms with Crippen LogP contribution in [0.5, 0.6) is 0 Å². The third-order valence-electron chi connectivity index (χ3n) is 3.26. The van der Waals surface area contributed by atoms with Gasteiger partial charge in [-0.05, 0) is 19.1 Å². The molecule has 0 aliphatic carbocycles. The number of anilines is 1. The predicted molar refractivity (Wildman–Crippen MR) is 80.6 cm³/mol. The lowest BCUT2D eigenvalue weighted by molar-refractivity contribution is 0.0934. The van der Waals surface area contributed by atoms with Crippen molar-refractivity contribution in [2.45, 2.75) is 13.0 Å². The fourth-order valence-corrected chi connectivity index (χ4v) is 2.17. The quantitative estimate of drug-likeness (QED) is 0.684. The third-order valence-corrected chi connectivity index (χ3v) is 3.26. The molecule has 1 amide bonds. The number of carbonyl (C=O) groups excluding carboxylic acids is 1. The topological polar surface area (TPSA) is 96.7 Å². The van der Waals surface area contributed by atoms with Gasteiger partial charge in [-0.1, -0.05) is 18.2 Å². The summed E-state index contributed by atoms with van der Waals surface area (Å²) < 4.78 is 0. The van der Waals surface area contributed by atoms with Crippen LogP contribution in [0.25, 0.3) is 10.9 Å². The maximum Gasteiger partial charge on any atom is 0.270 e. The lowest BCUT2D eigenvalue weighted by Crippen LogP contribution is -2.28. The summed E-state index contributed by atoms with van der Waals surface area (Å²) in [4.78, 5) is 23.7. The van der Waals surface area contributed by atoms with Crippen LogP contribution >= 0.6 is 0 Å². The molecular weight excluding hydrogens is 266 g/mol. The van der Waals surface area contributed by atoms with E-state index in [2.05, 4.69) is 20.3 Å². The number of pyridine rings is 1. The summed E-state index contributed by atoms with van der Waals surface area (Å²) in [6, 6.07) is 8.82. The van der Waals surface area contributed by atoms with Crippen molar-refractivity contribution in [1.82, 2.24) is 20.3 Å². The van der Waals surface area contributed by atoms with Crippen molar-refractivity contribution in [3.05, 3.63) is 54.2 Å². The molecule has 0 aliphatic heterocycles. The van der Waals surface area contributed by atoms with Gasteiger partial charge < -0.3 is 16.0 Å². The van der Waals surface area contributed by atoms with E-state index < -0.39 is 0 Å². The second-order valence-electron chi connectivity index (χ2n) is 4.78. The average molecular weight is 281 g/mol. The lowest BCUT2D eigenvalue weighted by Gasteiger charge is -2.12. The van der Waals surface area contributed by atoms with Crippen molar-refractivity contribution in [3.63, 3.8) is 0 Å². The Labute approximate surface area is 121 Å². The van der Waals surface area contributed by atoms with E-state index in [1.165, 1.54) is 0 Å². The van der Waals surface area contributed by atoms with E-state index in [-0.39, 0.29) is 11.9 Å². The molecule has 0 saturated heterocycles. The van der Waals surface area contributed by atoms with Crippen molar-refractivity contribution >= 4 is 22.5 Å². The number of imidazole rings is 1. The van der Waals surface area contributed by atoms with Gasteiger partial charge in [-0.15, -0.1) is 0 Å². The Morgan fingerprint density at radius 1 is 1.38 bits per heavy atom. The van der Waals surface area contributed by atoms with E-state index in [0.29, 0.717) is 22.7 Å². The van der Waals surface area contributed by atoms with Crippen LogP contribution in [0, 0.1) is 0 Å². The fourth-order valence-electron chi connectivity index (χ4n) is 2.17. The molecular formula is C15H15N5O. The Balaban J connectivity index is 1.88. The Morgan fingerprint density at radius 3 is 2.95 bits per heavy atom. The van der Waals surface area contributed by atoms with Gasteiger partial charge >= 0.3 is 0 Å². The van der Waals surface area contributed by atoms with Crippen LogP contribution in [0.15, 0.2) is 42.7 Å². The van der Waals surface area contributed by atoms with Crippen molar-refractivity contribution in [3.8, 4) is 0 Å². The number of nitrogens with two attached hydrogens (primary N) is 1. The minimum Gasteiger partial charge on any atom is -0.398 e. The Bertz CT molecular complexity index is 782. The van der Waals surface area contributed by atoms with Crippen molar-refractivity contribution in [2.75, 3.05) is 5.73 Å². The highest BCUT2D eigenvalue weighted by atomic mass is 16.1. The number of nitrogens with zero attached hydrogens (tertiary/aromatic N) is 2. The third kappa shape index (κ3) is 2.55. The summed E-state index contributed by atoms with van der Waals surface area (Å²) in [6.07, 6.45) is 3.36. The number of para-hydroxylation sites is 1. The largest absolute Gasteiger partial charge is 0.398 e. The van der Waals surface area contributed by atoms with Crippen molar-refractivity contribution in [2.24, 2.45) is 0 Å². The van der Waals surface area contributed by atoms with Crippen LogP contribution in [-0.2, 0) is 0 Å². The number of hydrogen-bond acceptors (Lipinski definition) is 4. The van der Waals surface area contributed by atoms with Gasteiger partial charge in [-0.2, -0.15) is 0 Å². The molecule has 1 unspecified atom stereocenters. The summed E-state index contributed by atoms with van der Waals surface area (Å²) in [7, 11) is 0. The van der Waals surface area contributed by atoms with Gasteiger partial charge in [0, 0.05) is 23.5 Å². The molecule has 0 aliphatic rings. The average Bonchev–Trinajstić information content (AvgIpc) is 3.01. The van der Waals surface area contributed by atoms with E-state index in [1.54, 1.807) is 18.5 Å². The van der Waals surface area contributed by atoms with Crippen LogP contribution in [0.4, 0.5) is 5.69 Å². The molecule has 0 saturated carbocycles. The number of H-pyrrole nitrogens is 1. The molecule has 3 aromatic rings. The number of carbonyl (C=O) groups is 1. The predicted octanol–water partition coefficient (Wildman–Crippen LogP) is 2.03. The van der Waals surface area contributed by atoms with Crippen LogP contribution in [-0.4, -0.2) is 20.9 Å². The van der Waals surface area contributed by atoms with Crippen molar-refractivity contribution in [1.29, 1.82) is 0 Å². The molecule has 0 radical (unpaired) electrons. The van der Waals surface area contributed by atoms with Crippen LogP contribution in [0.2, 0.25) is 0 Å². The molecule has 3 rings (SSSR count). The summed E-state index contributed by atoms with van der Waals surface area (Å²) in [5.74, 6) is 0.411. The fraction of sp³-hybridized carbons (Fsp3) is 0.133. The first-order valence-electron chi connectivity index (χ1n) is 6.60. The normalized spacial score (nSPS) is 12.2. The summed E-state index contributed by atoms with van der Waals surface area (Å²) in [5, 5.41) is 3.68. The number of aromatic amines is 1. The number of hydrogen-bond donors (Lipinski definition) is 3. The van der Waals surface area contributed by atoms with Gasteiger partial charge in [0.1, 0.15) is 11.5 Å². The molecule has 6 nitrogen and oxygen atoms in total. The molecule has 0 bridgehead atoms. The van der Waals surface area contributed by atoms with Gasteiger partial charge in [-0.3, -0.25) is 4.79 Å². The second kappa shape index (κ2) is 5.24. The zero-order chi connectivity index (χ0) is 14.8. The molecule has 6 heteroatoms. The Hall–Kier alpha value is -2.89. The van der Waals surface area contributed by atoms with Crippen LogP contribution < -0.4 is 11.1 Å². The molecule has 2 heterocycles. The van der Waals surface area contributed by atoms with Crippen LogP contribution in [0.1, 0.15) is 29.3 Å².